The average Bonchev–Trinajstić information content (AvgIpc) is 2.35. The van der Waals surface area contributed by atoms with Crippen molar-refractivity contribution in [3.05, 3.63) is 29.0 Å². The van der Waals surface area contributed by atoms with Gasteiger partial charge in [-0.15, -0.1) is 0 Å². The van der Waals surface area contributed by atoms with E-state index in [9.17, 15) is 17.6 Å². The van der Waals surface area contributed by atoms with Crippen LogP contribution in [0.5, 0.6) is 0 Å². The number of nitrogens with one attached hydrogen (secondary N) is 1. The molecule has 0 fully saturated rings. The quantitative estimate of drug-likeness (QED) is 0.855. The number of likely N-dealkylation sites (N-methyl/N-ethyl adjacent to an activating group) is 1. The Morgan fingerprint density at radius 3 is 2.41 bits per heavy atom. The highest BCUT2D eigenvalue weighted by Crippen LogP contribution is 2.23. The van der Waals surface area contributed by atoms with E-state index < -0.39 is 21.9 Å². The summed E-state index contributed by atoms with van der Waals surface area (Å²) in [5, 5.41) is -0.229. The van der Waals surface area contributed by atoms with E-state index in [0.717, 1.165) is 18.2 Å². The molecule has 1 rings (SSSR count). The van der Waals surface area contributed by atoms with Gasteiger partial charge in [-0.3, -0.25) is 4.79 Å². The van der Waals surface area contributed by atoms with Crippen molar-refractivity contribution in [1.82, 2.24) is 9.62 Å². The van der Waals surface area contributed by atoms with Crippen molar-refractivity contribution in [2.75, 3.05) is 14.1 Å². The number of benzene rings is 1. The Morgan fingerprint density at radius 2 is 1.95 bits per heavy atom. The topological polar surface area (TPSA) is 66.5 Å². The molecule has 124 valence electrons. The molecule has 0 saturated carbocycles. The summed E-state index contributed by atoms with van der Waals surface area (Å²) in [6.07, 6.45) is 0.342. The summed E-state index contributed by atoms with van der Waals surface area (Å²) in [5.74, 6) is -0.872. The zero-order valence-electron chi connectivity index (χ0n) is 12.9. The molecule has 0 spiro atoms. The lowest BCUT2D eigenvalue weighted by Crippen LogP contribution is -2.46. The average molecular weight is 351 g/mol. The maximum absolute atomic E-state index is 13.0. The van der Waals surface area contributed by atoms with Crippen molar-refractivity contribution < 1.29 is 17.6 Å². The van der Waals surface area contributed by atoms with Gasteiger partial charge in [-0.05, 0) is 30.5 Å². The molecule has 0 radical (unpaired) electrons. The fourth-order valence-corrected chi connectivity index (χ4v) is 3.66. The lowest BCUT2D eigenvalue weighted by molar-refractivity contribution is -0.130. The highest BCUT2D eigenvalue weighted by atomic mass is 35.5. The van der Waals surface area contributed by atoms with Gasteiger partial charge in [0.25, 0.3) is 0 Å². The third-order valence-electron chi connectivity index (χ3n) is 2.93. The van der Waals surface area contributed by atoms with Crippen LogP contribution in [0.4, 0.5) is 4.39 Å². The maximum atomic E-state index is 13.0. The molecule has 0 saturated heterocycles. The zero-order valence-corrected chi connectivity index (χ0v) is 14.5. The molecule has 5 nitrogen and oxygen atoms in total. The van der Waals surface area contributed by atoms with Crippen LogP contribution in [0.2, 0.25) is 5.02 Å². The van der Waals surface area contributed by atoms with Crippen LogP contribution in [-0.4, -0.2) is 39.4 Å². The highest BCUT2D eigenvalue weighted by molar-refractivity contribution is 7.89. The Bertz CT molecular complexity index is 647. The van der Waals surface area contributed by atoms with Crippen LogP contribution in [0.25, 0.3) is 0 Å². The number of hydrogen-bond donors (Lipinski definition) is 1. The minimum Gasteiger partial charge on any atom is -0.347 e. The summed E-state index contributed by atoms with van der Waals surface area (Å²) in [5.41, 5.74) is 0. The molecule has 1 amide bonds. The first-order valence-electron chi connectivity index (χ1n) is 6.73. The fraction of sp³-hybridized carbons (Fsp3) is 0.500. The monoisotopic (exact) mass is 350 g/mol. The van der Waals surface area contributed by atoms with Gasteiger partial charge in [-0.1, -0.05) is 25.4 Å². The number of sulfonamides is 1. The highest BCUT2D eigenvalue weighted by Gasteiger charge is 2.28. The van der Waals surface area contributed by atoms with Crippen molar-refractivity contribution >= 4 is 27.5 Å². The molecule has 0 aliphatic rings. The van der Waals surface area contributed by atoms with E-state index in [0.29, 0.717) is 6.42 Å². The largest absolute Gasteiger partial charge is 0.347 e. The number of rotatable bonds is 6. The second-order valence-corrected chi connectivity index (χ2v) is 7.70. The second-order valence-electron chi connectivity index (χ2n) is 5.61. The van der Waals surface area contributed by atoms with E-state index in [4.69, 9.17) is 11.6 Å². The number of carbonyl (C=O) groups excluding carboxylic acids is 1. The van der Waals surface area contributed by atoms with Crippen LogP contribution < -0.4 is 4.72 Å². The van der Waals surface area contributed by atoms with Crippen LogP contribution in [0.15, 0.2) is 23.1 Å². The molecule has 0 heterocycles. The molecule has 0 aromatic heterocycles. The molecule has 0 bridgehead atoms. The SMILES string of the molecule is CC(C)C[C@@H](NS(=O)(=O)c1ccc(F)cc1Cl)C(=O)N(C)C. The molecular weight excluding hydrogens is 331 g/mol. The number of carbonyl (C=O) groups is 1. The summed E-state index contributed by atoms with van der Waals surface area (Å²) in [7, 11) is -0.926. The summed E-state index contributed by atoms with van der Waals surface area (Å²) in [6.45, 7) is 3.77. The van der Waals surface area contributed by atoms with E-state index in [2.05, 4.69) is 4.72 Å². The number of nitrogens with zero attached hydrogens (tertiary/aromatic N) is 1. The smallest absolute Gasteiger partial charge is 0.242 e. The van der Waals surface area contributed by atoms with Crippen LogP contribution in [-0.2, 0) is 14.8 Å². The number of hydrogen-bond acceptors (Lipinski definition) is 3. The van der Waals surface area contributed by atoms with Crippen LogP contribution >= 0.6 is 11.6 Å². The van der Waals surface area contributed by atoms with Crippen molar-refractivity contribution in [2.24, 2.45) is 5.92 Å². The van der Waals surface area contributed by atoms with Crippen LogP contribution in [0.3, 0.4) is 0 Å². The maximum Gasteiger partial charge on any atom is 0.242 e. The predicted molar refractivity (Wildman–Crippen MR) is 83.7 cm³/mol. The van der Waals surface area contributed by atoms with E-state index in [1.165, 1.54) is 4.90 Å². The molecule has 1 N–H and O–H groups in total. The molecule has 0 aliphatic heterocycles. The summed E-state index contributed by atoms with van der Waals surface area (Å²) >= 11 is 5.79. The first kappa shape index (κ1) is 18.9. The predicted octanol–water partition coefficient (Wildman–Crippen LogP) is 2.26. The second kappa shape index (κ2) is 7.39. The Balaban J connectivity index is 3.12. The van der Waals surface area contributed by atoms with E-state index in [-0.39, 0.29) is 21.7 Å². The minimum atomic E-state index is -4.03. The molecule has 1 aromatic rings. The van der Waals surface area contributed by atoms with Crippen molar-refractivity contribution in [3.63, 3.8) is 0 Å². The molecule has 0 aliphatic carbocycles. The van der Waals surface area contributed by atoms with E-state index in [1.807, 2.05) is 13.8 Å². The first-order valence-corrected chi connectivity index (χ1v) is 8.59. The third kappa shape index (κ3) is 4.93. The van der Waals surface area contributed by atoms with Gasteiger partial charge in [0.15, 0.2) is 0 Å². The van der Waals surface area contributed by atoms with Crippen molar-refractivity contribution in [3.8, 4) is 0 Å². The van der Waals surface area contributed by atoms with Crippen LogP contribution in [0.1, 0.15) is 20.3 Å². The van der Waals surface area contributed by atoms with Gasteiger partial charge in [-0.25, -0.2) is 12.8 Å². The normalized spacial score (nSPS) is 13.2. The van der Waals surface area contributed by atoms with Gasteiger partial charge in [0, 0.05) is 14.1 Å². The summed E-state index contributed by atoms with van der Waals surface area (Å²) in [6, 6.07) is 2.10. The summed E-state index contributed by atoms with van der Waals surface area (Å²) in [4.78, 5) is 13.2. The molecule has 1 atom stereocenters. The molecule has 0 unspecified atom stereocenters. The Kier molecular flexibility index (Phi) is 6.34. The van der Waals surface area contributed by atoms with Gasteiger partial charge in [-0.2, -0.15) is 4.72 Å². The van der Waals surface area contributed by atoms with E-state index in [1.54, 1.807) is 14.1 Å². The lowest BCUT2D eigenvalue weighted by Gasteiger charge is -2.23. The van der Waals surface area contributed by atoms with Gasteiger partial charge in [0.05, 0.1) is 5.02 Å². The Hall–Kier alpha value is -1.18. The zero-order chi connectivity index (χ0) is 17.1. The first-order chi connectivity index (χ1) is 10.0. The molecule has 8 heteroatoms. The van der Waals surface area contributed by atoms with Gasteiger partial charge in [0.2, 0.25) is 15.9 Å². The Labute approximate surface area is 135 Å². The number of halogens is 2. The van der Waals surface area contributed by atoms with Gasteiger partial charge >= 0.3 is 0 Å². The molecule has 22 heavy (non-hydrogen) atoms. The van der Waals surface area contributed by atoms with Crippen molar-refractivity contribution in [1.29, 1.82) is 0 Å². The molecular formula is C14H20ClFN2O3S. The number of amides is 1. The fourth-order valence-electron chi connectivity index (χ4n) is 1.93. The summed E-state index contributed by atoms with van der Waals surface area (Å²) < 4.78 is 40.2. The van der Waals surface area contributed by atoms with Crippen molar-refractivity contribution in [2.45, 2.75) is 31.2 Å². The third-order valence-corrected chi connectivity index (χ3v) is 4.88. The molecule has 1 aromatic carbocycles. The minimum absolute atomic E-state index is 0.111. The van der Waals surface area contributed by atoms with Crippen LogP contribution in [0, 0.1) is 11.7 Å². The lowest BCUT2D eigenvalue weighted by atomic mass is 10.0. The van der Waals surface area contributed by atoms with Gasteiger partial charge < -0.3 is 4.90 Å². The van der Waals surface area contributed by atoms with Gasteiger partial charge in [0.1, 0.15) is 16.8 Å². The van der Waals surface area contributed by atoms with E-state index >= 15 is 0 Å². The standard InChI is InChI=1S/C14H20ClFN2O3S/c1-9(2)7-12(14(19)18(3)4)17-22(20,21)13-6-5-10(16)8-11(13)15/h5-6,8-9,12,17H,7H2,1-4H3/t12-/m1/s1. The Morgan fingerprint density at radius 1 is 1.36 bits per heavy atom.